The number of hydrogen-bond acceptors (Lipinski definition) is 6. The summed E-state index contributed by atoms with van der Waals surface area (Å²) in [5, 5.41) is 4.82. The van der Waals surface area contributed by atoms with Crippen LogP contribution in [0, 0.1) is 0 Å². The Kier molecular flexibility index (Phi) is 6.05. The van der Waals surface area contributed by atoms with Crippen molar-refractivity contribution in [1.82, 2.24) is 24.6 Å². The fourth-order valence-electron chi connectivity index (χ4n) is 4.46. The Bertz CT molecular complexity index is 1070. The van der Waals surface area contributed by atoms with E-state index < -0.39 is 0 Å². The average molecular weight is 436 g/mol. The highest BCUT2D eigenvalue weighted by atomic mass is 16.5. The number of carbonyl (C=O) groups is 1. The summed E-state index contributed by atoms with van der Waals surface area (Å²) >= 11 is 0. The number of fused-ring (bicyclic) bond motifs is 1. The van der Waals surface area contributed by atoms with E-state index in [1.54, 1.807) is 6.20 Å². The van der Waals surface area contributed by atoms with Gasteiger partial charge in [-0.1, -0.05) is 13.0 Å². The van der Waals surface area contributed by atoms with E-state index in [0.717, 1.165) is 54.4 Å². The van der Waals surface area contributed by atoms with Crippen molar-refractivity contribution in [3.8, 4) is 0 Å². The van der Waals surface area contributed by atoms with Gasteiger partial charge >= 0.3 is 0 Å². The number of morpholine rings is 1. The first-order valence-corrected chi connectivity index (χ1v) is 11.4. The number of furan rings is 1. The molecule has 0 radical (unpaired) electrons. The summed E-state index contributed by atoms with van der Waals surface area (Å²) in [5.41, 5.74) is 3.67. The van der Waals surface area contributed by atoms with Crippen LogP contribution in [0.3, 0.4) is 0 Å². The number of nitrogens with zero attached hydrogens (tertiary/aromatic N) is 5. The molecule has 0 unspecified atom stereocenters. The number of aromatic nitrogens is 3. The van der Waals surface area contributed by atoms with Crippen LogP contribution < -0.4 is 0 Å². The van der Waals surface area contributed by atoms with Crippen LogP contribution in [0.1, 0.15) is 45.9 Å². The molecule has 0 aromatic carbocycles. The van der Waals surface area contributed by atoms with Gasteiger partial charge in [0.1, 0.15) is 11.5 Å². The maximum Gasteiger partial charge on any atom is 0.274 e. The topological polar surface area (TPSA) is 76.6 Å². The number of pyridine rings is 1. The van der Waals surface area contributed by atoms with E-state index in [4.69, 9.17) is 14.3 Å². The van der Waals surface area contributed by atoms with E-state index in [1.165, 1.54) is 0 Å². The van der Waals surface area contributed by atoms with Gasteiger partial charge in [-0.05, 0) is 24.3 Å². The van der Waals surface area contributed by atoms with Gasteiger partial charge in [-0.3, -0.25) is 19.4 Å². The third-order valence-electron chi connectivity index (χ3n) is 6.20. The summed E-state index contributed by atoms with van der Waals surface area (Å²) in [4.78, 5) is 22.0. The maximum absolute atomic E-state index is 13.4. The van der Waals surface area contributed by atoms with Crippen molar-refractivity contribution in [2.45, 2.75) is 39.4 Å². The molecule has 8 heteroatoms. The number of rotatable bonds is 6. The van der Waals surface area contributed by atoms with E-state index in [2.05, 4.69) is 22.9 Å². The van der Waals surface area contributed by atoms with Crippen molar-refractivity contribution in [3.05, 3.63) is 70.7 Å². The molecule has 168 valence electrons. The van der Waals surface area contributed by atoms with Crippen molar-refractivity contribution in [3.63, 3.8) is 0 Å². The Hall–Kier alpha value is -2.97. The number of hydrogen-bond donors (Lipinski definition) is 0. The summed E-state index contributed by atoms with van der Waals surface area (Å²) in [6.45, 7) is 7.34. The van der Waals surface area contributed by atoms with Crippen LogP contribution in [0.25, 0.3) is 0 Å². The van der Waals surface area contributed by atoms with Crippen LogP contribution in [0.15, 0.2) is 40.9 Å². The Morgan fingerprint density at radius 1 is 1.06 bits per heavy atom. The lowest BCUT2D eigenvalue weighted by Crippen LogP contribution is -2.41. The van der Waals surface area contributed by atoms with Crippen LogP contribution in [0.4, 0.5) is 0 Å². The van der Waals surface area contributed by atoms with Crippen LogP contribution in [0.2, 0.25) is 0 Å². The van der Waals surface area contributed by atoms with E-state index >= 15 is 0 Å². The molecule has 0 atom stereocenters. The molecule has 0 saturated carbocycles. The van der Waals surface area contributed by atoms with Gasteiger partial charge in [0.2, 0.25) is 0 Å². The summed E-state index contributed by atoms with van der Waals surface area (Å²) in [7, 11) is 0. The molecule has 5 heterocycles. The largest absolute Gasteiger partial charge is 0.465 e. The number of amides is 1. The predicted octanol–water partition coefficient (Wildman–Crippen LogP) is 2.51. The summed E-state index contributed by atoms with van der Waals surface area (Å²) in [5.74, 6) is 1.97. The van der Waals surface area contributed by atoms with E-state index in [1.807, 2.05) is 33.8 Å². The molecule has 3 aromatic rings. The smallest absolute Gasteiger partial charge is 0.274 e. The minimum Gasteiger partial charge on any atom is -0.465 e. The van der Waals surface area contributed by atoms with Crippen LogP contribution in [-0.2, 0) is 37.2 Å². The lowest BCUT2D eigenvalue weighted by Gasteiger charge is -2.29. The first kappa shape index (κ1) is 20.9. The molecule has 1 fully saturated rings. The molecule has 1 amide bonds. The Morgan fingerprint density at radius 3 is 2.66 bits per heavy atom. The standard InChI is InChI=1S/C24H29N5O3/c1-2-19-6-7-20(32-19)16-27-10-8-22-21(17-27)23(24(30)28-11-13-31-14-12-28)26-29(22)15-18-5-3-4-9-25-18/h3-7,9H,2,8,10-17H2,1H3. The molecule has 8 nitrogen and oxygen atoms in total. The molecule has 1 saturated heterocycles. The third kappa shape index (κ3) is 4.33. The highest BCUT2D eigenvalue weighted by Gasteiger charge is 2.31. The van der Waals surface area contributed by atoms with Crippen molar-refractivity contribution in [2.24, 2.45) is 0 Å². The minimum absolute atomic E-state index is 0.00237. The molecule has 3 aromatic heterocycles. The second-order valence-corrected chi connectivity index (χ2v) is 8.34. The highest BCUT2D eigenvalue weighted by Crippen LogP contribution is 2.26. The Balaban J connectivity index is 1.42. The first-order valence-electron chi connectivity index (χ1n) is 11.4. The molecule has 0 aliphatic carbocycles. The van der Waals surface area contributed by atoms with Gasteiger partial charge in [0, 0.05) is 56.5 Å². The van der Waals surface area contributed by atoms with Gasteiger partial charge in [-0.15, -0.1) is 0 Å². The van der Waals surface area contributed by atoms with Crippen LogP contribution in [0.5, 0.6) is 0 Å². The molecule has 2 aliphatic heterocycles. The normalized spacial score (nSPS) is 16.8. The number of ether oxygens (including phenoxy) is 1. The van der Waals surface area contributed by atoms with Crippen LogP contribution >= 0.6 is 0 Å². The van der Waals surface area contributed by atoms with Crippen molar-refractivity contribution in [1.29, 1.82) is 0 Å². The quantitative estimate of drug-likeness (QED) is 0.592. The SMILES string of the molecule is CCc1ccc(CN2CCc3c(c(C(=O)N4CCOCC4)nn3Cc3ccccn3)C2)o1. The maximum atomic E-state index is 13.4. The number of aryl methyl sites for hydroxylation is 1. The zero-order valence-corrected chi connectivity index (χ0v) is 18.5. The molecule has 0 N–H and O–H groups in total. The zero-order valence-electron chi connectivity index (χ0n) is 18.5. The monoisotopic (exact) mass is 435 g/mol. The fraction of sp³-hybridized carbons (Fsp3) is 0.458. The molecule has 0 bridgehead atoms. The second-order valence-electron chi connectivity index (χ2n) is 8.34. The molecule has 2 aliphatic rings. The van der Waals surface area contributed by atoms with Gasteiger partial charge in [0.05, 0.1) is 32.0 Å². The molecular formula is C24H29N5O3. The van der Waals surface area contributed by atoms with Gasteiger partial charge in [-0.25, -0.2) is 0 Å². The summed E-state index contributed by atoms with van der Waals surface area (Å²) < 4.78 is 13.3. The van der Waals surface area contributed by atoms with E-state index in [-0.39, 0.29) is 5.91 Å². The summed E-state index contributed by atoms with van der Waals surface area (Å²) in [6.07, 6.45) is 3.52. The van der Waals surface area contributed by atoms with Gasteiger partial charge < -0.3 is 14.1 Å². The zero-order chi connectivity index (χ0) is 21.9. The summed E-state index contributed by atoms with van der Waals surface area (Å²) in [6, 6.07) is 9.98. The van der Waals surface area contributed by atoms with Crippen molar-refractivity contribution < 1.29 is 13.9 Å². The van der Waals surface area contributed by atoms with Gasteiger partial charge in [0.15, 0.2) is 5.69 Å². The Morgan fingerprint density at radius 2 is 1.91 bits per heavy atom. The second kappa shape index (κ2) is 9.26. The number of carbonyl (C=O) groups excluding carboxylic acids is 1. The van der Waals surface area contributed by atoms with Crippen molar-refractivity contribution in [2.75, 3.05) is 32.8 Å². The first-order chi connectivity index (χ1) is 15.7. The highest BCUT2D eigenvalue weighted by molar-refractivity contribution is 5.94. The lowest BCUT2D eigenvalue weighted by atomic mass is 10.0. The Labute approximate surface area is 187 Å². The third-order valence-corrected chi connectivity index (χ3v) is 6.20. The van der Waals surface area contributed by atoms with Gasteiger partial charge in [0.25, 0.3) is 5.91 Å². The molecule has 0 spiro atoms. The van der Waals surface area contributed by atoms with E-state index in [9.17, 15) is 4.79 Å². The van der Waals surface area contributed by atoms with Crippen molar-refractivity contribution >= 4 is 5.91 Å². The predicted molar refractivity (Wildman–Crippen MR) is 118 cm³/mol. The van der Waals surface area contributed by atoms with Gasteiger partial charge in [-0.2, -0.15) is 5.10 Å². The lowest BCUT2D eigenvalue weighted by molar-refractivity contribution is 0.0297. The van der Waals surface area contributed by atoms with Crippen LogP contribution in [-0.4, -0.2) is 63.3 Å². The minimum atomic E-state index is -0.00237. The fourth-order valence-corrected chi connectivity index (χ4v) is 4.46. The molecular weight excluding hydrogens is 406 g/mol. The average Bonchev–Trinajstić information content (AvgIpc) is 3.44. The van der Waals surface area contributed by atoms with E-state index in [0.29, 0.717) is 45.1 Å². The molecule has 32 heavy (non-hydrogen) atoms. The molecule has 5 rings (SSSR count).